The summed E-state index contributed by atoms with van der Waals surface area (Å²) in [6.45, 7) is 5.48. The second kappa shape index (κ2) is 9.06. The maximum Gasteiger partial charge on any atom is 0.251 e. The van der Waals surface area contributed by atoms with Gasteiger partial charge in [0.2, 0.25) is 0 Å². The van der Waals surface area contributed by atoms with E-state index in [4.69, 9.17) is 0 Å². The van der Waals surface area contributed by atoms with Crippen LogP contribution in [0, 0.1) is 0 Å². The van der Waals surface area contributed by atoms with Crippen LogP contribution in [0.15, 0.2) is 36.4 Å². The molecule has 0 aromatic rings. The quantitative estimate of drug-likeness (QED) is 0.724. The molecule has 2 amide bonds. The molecule has 2 aliphatic carbocycles. The van der Waals surface area contributed by atoms with Gasteiger partial charge in [-0.05, 0) is 30.0 Å². The number of carbonyl (C=O) groups is 2. The van der Waals surface area contributed by atoms with Crippen molar-refractivity contribution >= 4 is 11.8 Å². The number of amides is 2. The van der Waals surface area contributed by atoms with Crippen molar-refractivity contribution in [2.24, 2.45) is 0 Å². The Morgan fingerprint density at radius 2 is 1.25 bits per heavy atom. The average Bonchev–Trinajstić information content (AvgIpc) is 2.77. The van der Waals surface area contributed by atoms with E-state index in [0.717, 1.165) is 36.8 Å². The van der Waals surface area contributed by atoms with Crippen LogP contribution in [0.4, 0.5) is 0 Å². The molecule has 4 nitrogen and oxygen atoms in total. The molecule has 2 N–H and O–H groups in total. The maximum atomic E-state index is 12.5. The van der Waals surface area contributed by atoms with Gasteiger partial charge in [0.1, 0.15) is 0 Å². The zero-order valence-corrected chi connectivity index (χ0v) is 14.5. The van der Waals surface area contributed by atoms with Crippen molar-refractivity contribution in [3.05, 3.63) is 47.5 Å². The summed E-state index contributed by atoms with van der Waals surface area (Å²) >= 11 is 0. The first kappa shape index (κ1) is 18.0. The molecule has 0 aromatic carbocycles. The van der Waals surface area contributed by atoms with Gasteiger partial charge in [0, 0.05) is 24.2 Å². The number of rotatable bonds is 8. The van der Waals surface area contributed by atoms with Crippen molar-refractivity contribution in [2.45, 2.75) is 39.5 Å². The smallest absolute Gasteiger partial charge is 0.251 e. The highest BCUT2D eigenvalue weighted by Gasteiger charge is 2.23. The number of unbranched alkanes of at least 4 members (excludes halogenated alkanes) is 2. The topological polar surface area (TPSA) is 58.2 Å². The monoisotopic (exact) mass is 326 g/mol. The highest BCUT2D eigenvalue weighted by atomic mass is 16.2. The third-order valence-corrected chi connectivity index (χ3v) is 4.03. The van der Waals surface area contributed by atoms with Crippen LogP contribution in [-0.4, -0.2) is 24.9 Å². The molecule has 0 saturated carbocycles. The van der Waals surface area contributed by atoms with Gasteiger partial charge >= 0.3 is 0 Å². The first-order valence-electron chi connectivity index (χ1n) is 8.77. The average molecular weight is 326 g/mol. The largest absolute Gasteiger partial charge is 0.352 e. The lowest BCUT2D eigenvalue weighted by Gasteiger charge is -2.05. The van der Waals surface area contributed by atoms with Crippen molar-refractivity contribution in [3.8, 4) is 11.1 Å². The molecule has 0 bridgehead atoms. The second-order valence-corrected chi connectivity index (χ2v) is 5.93. The van der Waals surface area contributed by atoms with Crippen molar-refractivity contribution < 1.29 is 9.59 Å². The van der Waals surface area contributed by atoms with Gasteiger partial charge in [-0.25, -0.2) is 0 Å². The zero-order chi connectivity index (χ0) is 17.4. The minimum absolute atomic E-state index is 0.118. The molecule has 4 heteroatoms. The number of fused-ring (bicyclic) bond motifs is 1. The van der Waals surface area contributed by atoms with Gasteiger partial charge in [0.05, 0.1) is 0 Å². The first-order valence-corrected chi connectivity index (χ1v) is 8.77. The molecule has 0 saturated heterocycles. The minimum Gasteiger partial charge on any atom is -0.352 e. The van der Waals surface area contributed by atoms with Crippen molar-refractivity contribution in [3.63, 3.8) is 0 Å². The Morgan fingerprint density at radius 1 is 0.792 bits per heavy atom. The van der Waals surface area contributed by atoms with Gasteiger partial charge in [0.15, 0.2) is 0 Å². The molecule has 0 radical (unpaired) electrons. The zero-order valence-electron chi connectivity index (χ0n) is 14.5. The fraction of sp³-hybridized carbons (Fsp3) is 0.400. The Balaban J connectivity index is 2.29. The molecule has 0 spiro atoms. The summed E-state index contributed by atoms with van der Waals surface area (Å²) < 4.78 is 0. The molecule has 2 rings (SSSR count). The van der Waals surface area contributed by atoms with E-state index in [1.165, 1.54) is 0 Å². The molecule has 0 fully saturated rings. The molecule has 0 aromatic heterocycles. The van der Waals surface area contributed by atoms with Gasteiger partial charge in [-0.1, -0.05) is 57.0 Å². The van der Waals surface area contributed by atoms with Crippen molar-refractivity contribution in [2.75, 3.05) is 13.1 Å². The number of hydrogen-bond acceptors (Lipinski definition) is 2. The fourth-order valence-corrected chi connectivity index (χ4v) is 2.64. The predicted molar refractivity (Wildman–Crippen MR) is 97.5 cm³/mol. The highest BCUT2D eigenvalue weighted by molar-refractivity contribution is 6.10. The number of nitrogens with one attached hydrogen (secondary N) is 2. The van der Waals surface area contributed by atoms with Crippen LogP contribution < -0.4 is 10.6 Å². The molecule has 2 aliphatic rings. The second-order valence-electron chi connectivity index (χ2n) is 5.93. The van der Waals surface area contributed by atoms with Gasteiger partial charge in [-0.15, -0.1) is 0 Å². The van der Waals surface area contributed by atoms with Crippen LogP contribution in [-0.2, 0) is 0 Å². The summed E-state index contributed by atoms with van der Waals surface area (Å²) in [6.07, 6.45) is 3.95. The van der Waals surface area contributed by atoms with Gasteiger partial charge in [0.25, 0.3) is 11.8 Å². The van der Waals surface area contributed by atoms with Crippen LogP contribution in [0.2, 0.25) is 0 Å². The summed E-state index contributed by atoms with van der Waals surface area (Å²) in [5, 5.41) is 5.87. The Labute approximate surface area is 144 Å². The van der Waals surface area contributed by atoms with Gasteiger partial charge in [-0.2, -0.15) is 0 Å². The Morgan fingerprint density at radius 3 is 1.67 bits per heavy atom. The van der Waals surface area contributed by atoms with Gasteiger partial charge < -0.3 is 10.6 Å². The standard InChI is InChI=1S/C20H26N2O2/c1-3-5-12-21-19(23)17-14-18(20(24)22-13-6-4-2)16-11-9-7-8-10-15(16)17/h7-11,14H,3-6,12-13H2,1-2H3,(H,21,23)(H,22,24). The van der Waals surface area contributed by atoms with Crippen molar-refractivity contribution in [1.82, 2.24) is 10.6 Å². The Hall–Kier alpha value is -2.36. The number of hydrogen-bond donors (Lipinski definition) is 2. The van der Waals surface area contributed by atoms with E-state index in [9.17, 15) is 9.59 Å². The Kier molecular flexibility index (Phi) is 6.79. The van der Waals surface area contributed by atoms with Crippen LogP contribution >= 0.6 is 0 Å². The van der Waals surface area contributed by atoms with E-state index in [2.05, 4.69) is 24.5 Å². The normalized spacial score (nSPS) is 10.6. The lowest BCUT2D eigenvalue weighted by molar-refractivity contribution is 0.0951. The van der Waals surface area contributed by atoms with Crippen LogP contribution in [0.3, 0.4) is 0 Å². The SMILES string of the molecule is CCCCNC(=O)c1cc(C(=O)NCCCC)c2cccccc1-2. The van der Waals surface area contributed by atoms with E-state index < -0.39 is 0 Å². The Bertz CT molecular complexity index is 613. The molecule has 24 heavy (non-hydrogen) atoms. The number of carbonyl (C=O) groups excluding carboxylic acids is 2. The molecule has 128 valence electrons. The molecule has 0 aliphatic heterocycles. The third-order valence-electron chi connectivity index (χ3n) is 4.03. The van der Waals surface area contributed by atoms with Crippen LogP contribution in [0.1, 0.15) is 60.2 Å². The molecule has 0 unspecified atom stereocenters. The lowest BCUT2D eigenvalue weighted by Crippen LogP contribution is -2.25. The summed E-state index contributed by atoms with van der Waals surface area (Å²) in [4.78, 5) is 25.0. The van der Waals surface area contributed by atoms with Crippen molar-refractivity contribution in [1.29, 1.82) is 0 Å². The van der Waals surface area contributed by atoms with Crippen LogP contribution in [0.25, 0.3) is 11.1 Å². The third kappa shape index (κ3) is 4.34. The molecular weight excluding hydrogens is 300 g/mol. The predicted octanol–water partition coefficient (Wildman–Crippen LogP) is 3.85. The minimum atomic E-state index is -0.118. The molecule has 0 atom stereocenters. The first-order chi connectivity index (χ1) is 11.7. The molecular formula is C20H26N2O2. The van der Waals surface area contributed by atoms with Gasteiger partial charge in [-0.3, -0.25) is 9.59 Å². The van der Waals surface area contributed by atoms with E-state index >= 15 is 0 Å². The molecule has 0 heterocycles. The highest BCUT2D eigenvalue weighted by Crippen LogP contribution is 2.31. The fourth-order valence-electron chi connectivity index (χ4n) is 2.64. The maximum absolute atomic E-state index is 12.5. The van der Waals surface area contributed by atoms with Crippen LogP contribution in [0.5, 0.6) is 0 Å². The summed E-state index contributed by atoms with van der Waals surface area (Å²) in [5.74, 6) is -0.237. The van der Waals surface area contributed by atoms with E-state index in [0.29, 0.717) is 24.2 Å². The van der Waals surface area contributed by atoms with E-state index in [1.807, 2.05) is 30.3 Å². The van der Waals surface area contributed by atoms with E-state index in [1.54, 1.807) is 6.07 Å². The van der Waals surface area contributed by atoms with E-state index in [-0.39, 0.29) is 11.8 Å². The summed E-state index contributed by atoms with van der Waals surface area (Å²) in [7, 11) is 0. The summed E-state index contributed by atoms with van der Waals surface area (Å²) in [5.41, 5.74) is 2.76. The lowest BCUT2D eigenvalue weighted by atomic mass is 10.1. The summed E-state index contributed by atoms with van der Waals surface area (Å²) in [6, 6.07) is 11.2.